The first-order valence-corrected chi connectivity index (χ1v) is 6.60. The molecule has 3 N–H and O–H groups in total. The van der Waals surface area contributed by atoms with Crippen molar-refractivity contribution >= 4 is 50.3 Å². The van der Waals surface area contributed by atoms with Gasteiger partial charge in [-0.15, -0.1) is 11.3 Å². The van der Waals surface area contributed by atoms with Gasteiger partial charge < -0.3 is 11.1 Å². The highest BCUT2D eigenvalue weighted by molar-refractivity contribution is 7.17. The number of aromatic nitrogens is 2. The van der Waals surface area contributed by atoms with Gasteiger partial charge in [-0.2, -0.15) is 0 Å². The molecule has 0 amide bonds. The summed E-state index contributed by atoms with van der Waals surface area (Å²) in [5.41, 5.74) is 7.13. The van der Waals surface area contributed by atoms with Gasteiger partial charge in [0.1, 0.15) is 22.8 Å². The fourth-order valence-corrected chi connectivity index (χ4v) is 2.68. The molecular formula is C12H8ClFN4S. The van der Waals surface area contributed by atoms with Crippen LogP contribution in [0.4, 0.5) is 21.6 Å². The lowest BCUT2D eigenvalue weighted by atomic mass is 10.3. The second-order valence-electron chi connectivity index (χ2n) is 3.85. The van der Waals surface area contributed by atoms with Crippen molar-refractivity contribution in [2.24, 2.45) is 0 Å². The Morgan fingerprint density at radius 3 is 2.95 bits per heavy atom. The predicted molar refractivity (Wildman–Crippen MR) is 76.5 cm³/mol. The Morgan fingerprint density at radius 1 is 1.32 bits per heavy atom. The second-order valence-corrected chi connectivity index (χ2v) is 5.11. The molecule has 0 aliphatic heterocycles. The Kier molecular flexibility index (Phi) is 2.96. The standard InChI is InChI=1S/C12H8ClFN4S/c13-7-3-6(1-2-8(7)14)18-11-10-9(15)4-19-12(10)17-5-16-11/h1-5H,15H2,(H,16,17,18). The Morgan fingerprint density at radius 2 is 2.16 bits per heavy atom. The highest BCUT2D eigenvalue weighted by Gasteiger charge is 2.10. The number of anilines is 3. The van der Waals surface area contributed by atoms with Crippen molar-refractivity contribution in [1.29, 1.82) is 0 Å². The highest BCUT2D eigenvalue weighted by Crippen LogP contribution is 2.33. The third kappa shape index (κ3) is 2.20. The SMILES string of the molecule is Nc1csc2ncnc(Nc3ccc(F)c(Cl)c3)c12. The number of nitrogens with zero attached hydrogens (tertiary/aromatic N) is 2. The molecule has 2 aromatic heterocycles. The normalized spacial score (nSPS) is 10.8. The van der Waals surface area contributed by atoms with Gasteiger partial charge >= 0.3 is 0 Å². The van der Waals surface area contributed by atoms with Crippen molar-refractivity contribution in [3.63, 3.8) is 0 Å². The van der Waals surface area contributed by atoms with E-state index in [1.807, 2.05) is 5.38 Å². The van der Waals surface area contributed by atoms with Crippen LogP contribution in [0.1, 0.15) is 0 Å². The number of benzene rings is 1. The van der Waals surface area contributed by atoms with E-state index >= 15 is 0 Å². The summed E-state index contributed by atoms with van der Waals surface area (Å²) < 4.78 is 13.1. The third-order valence-corrected chi connectivity index (χ3v) is 3.78. The zero-order chi connectivity index (χ0) is 13.4. The summed E-state index contributed by atoms with van der Waals surface area (Å²) in [5.74, 6) is 0.113. The molecule has 0 saturated heterocycles. The maximum Gasteiger partial charge on any atom is 0.144 e. The fraction of sp³-hybridized carbons (Fsp3) is 0. The van der Waals surface area contributed by atoms with Crippen LogP contribution in [0.3, 0.4) is 0 Å². The van der Waals surface area contributed by atoms with Crippen molar-refractivity contribution in [3.8, 4) is 0 Å². The van der Waals surface area contributed by atoms with Crippen molar-refractivity contribution in [1.82, 2.24) is 9.97 Å². The van der Waals surface area contributed by atoms with Crippen molar-refractivity contribution in [2.45, 2.75) is 0 Å². The number of fused-ring (bicyclic) bond motifs is 1. The summed E-state index contributed by atoms with van der Waals surface area (Å²) >= 11 is 7.18. The first-order valence-electron chi connectivity index (χ1n) is 5.35. The van der Waals surface area contributed by atoms with Crippen LogP contribution < -0.4 is 11.1 Å². The predicted octanol–water partition coefficient (Wildman–Crippen LogP) is 3.81. The summed E-state index contributed by atoms with van der Waals surface area (Å²) in [6.07, 6.45) is 1.45. The average molecular weight is 295 g/mol. The van der Waals surface area contributed by atoms with E-state index in [1.54, 1.807) is 6.07 Å². The van der Waals surface area contributed by atoms with Crippen molar-refractivity contribution in [2.75, 3.05) is 11.1 Å². The number of thiophene rings is 1. The van der Waals surface area contributed by atoms with Gasteiger partial charge in [-0.25, -0.2) is 14.4 Å². The van der Waals surface area contributed by atoms with E-state index in [4.69, 9.17) is 17.3 Å². The van der Waals surface area contributed by atoms with E-state index in [0.717, 1.165) is 10.2 Å². The quantitative estimate of drug-likeness (QED) is 0.754. The zero-order valence-corrected chi connectivity index (χ0v) is 11.1. The molecule has 96 valence electrons. The number of rotatable bonds is 2. The first kappa shape index (κ1) is 12.1. The largest absolute Gasteiger partial charge is 0.397 e. The lowest BCUT2D eigenvalue weighted by molar-refractivity contribution is 0.628. The lowest BCUT2D eigenvalue weighted by Crippen LogP contribution is -1.96. The molecule has 0 aliphatic carbocycles. The summed E-state index contributed by atoms with van der Waals surface area (Å²) in [7, 11) is 0. The molecule has 4 nitrogen and oxygen atoms in total. The van der Waals surface area contributed by atoms with E-state index in [2.05, 4.69) is 15.3 Å². The van der Waals surface area contributed by atoms with E-state index in [9.17, 15) is 4.39 Å². The number of halogens is 2. The molecule has 3 rings (SSSR count). The van der Waals surface area contributed by atoms with E-state index in [0.29, 0.717) is 17.2 Å². The van der Waals surface area contributed by atoms with Gasteiger partial charge in [0.05, 0.1) is 16.1 Å². The van der Waals surface area contributed by atoms with Gasteiger partial charge in [-0.1, -0.05) is 11.6 Å². The molecule has 0 atom stereocenters. The molecule has 0 fully saturated rings. The van der Waals surface area contributed by atoms with E-state index in [1.165, 1.54) is 29.8 Å². The third-order valence-electron chi connectivity index (χ3n) is 2.58. The molecule has 0 saturated carbocycles. The van der Waals surface area contributed by atoms with Crippen molar-refractivity contribution in [3.05, 3.63) is 40.7 Å². The molecule has 0 aliphatic rings. The van der Waals surface area contributed by atoms with Crippen LogP contribution in [-0.4, -0.2) is 9.97 Å². The smallest absolute Gasteiger partial charge is 0.144 e. The van der Waals surface area contributed by atoms with Crippen LogP contribution in [-0.2, 0) is 0 Å². The van der Waals surface area contributed by atoms with E-state index < -0.39 is 5.82 Å². The monoisotopic (exact) mass is 294 g/mol. The van der Waals surface area contributed by atoms with Gasteiger partial charge in [0.15, 0.2) is 0 Å². The molecule has 0 unspecified atom stereocenters. The van der Waals surface area contributed by atoms with Gasteiger partial charge in [-0.3, -0.25) is 0 Å². The van der Waals surface area contributed by atoms with Gasteiger partial charge in [0.2, 0.25) is 0 Å². The fourth-order valence-electron chi connectivity index (χ4n) is 1.70. The zero-order valence-electron chi connectivity index (χ0n) is 9.52. The molecule has 3 aromatic rings. The van der Waals surface area contributed by atoms with E-state index in [-0.39, 0.29) is 5.02 Å². The first-order chi connectivity index (χ1) is 9.15. The molecule has 19 heavy (non-hydrogen) atoms. The molecule has 0 spiro atoms. The Labute approximate surface area is 117 Å². The van der Waals surface area contributed by atoms with Crippen LogP contribution in [0.25, 0.3) is 10.2 Å². The average Bonchev–Trinajstić information content (AvgIpc) is 2.77. The van der Waals surface area contributed by atoms with Crippen LogP contribution in [0.5, 0.6) is 0 Å². The summed E-state index contributed by atoms with van der Waals surface area (Å²) in [5, 5.41) is 5.68. The minimum absolute atomic E-state index is 0.0496. The Balaban J connectivity index is 2.05. The van der Waals surface area contributed by atoms with Crippen LogP contribution in [0.2, 0.25) is 5.02 Å². The molecule has 2 heterocycles. The number of hydrogen-bond acceptors (Lipinski definition) is 5. The molecule has 1 aromatic carbocycles. The Hall–Kier alpha value is -1.92. The summed E-state index contributed by atoms with van der Waals surface area (Å²) in [6, 6.07) is 4.37. The lowest BCUT2D eigenvalue weighted by Gasteiger charge is -2.07. The van der Waals surface area contributed by atoms with Crippen LogP contribution in [0, 0.1) is 5.82 Å². The molecule has 0 bridgehead atoms. The Bertz CT molecular complexity index is 759. The number of nitrogens with two attached hydrogens (primary N) is 1. The van der Waals surface area contributed by atoms with Crippen LogP contribution >= 0.6 is 22.9 Å². The number of nitrogens with one attached hydrogen (secondary N) is 1. The summed E-state index contributed by atoms with van der Waals surface area (Å²) in [6.45, 7) is 0. The molecule has 7 heteroatoms. The molecular weight excluding hydrogens is 287 g/mol. The number of nitrogen functional groups attached to an aromatic ring is 1. The van der Waals surface area contributed by atoms with Gasteiger partial charge in [-0.05, 0) is 18.2 Å². The minimum atomic E-state index is -0.463. The number of hydrogen-bond donors (Lipinski definition) is 2. The van der Waals surface area contributed by atoms with Gasteiger partial charge in [0.25, 0.3) is 0 Å². The maximum absolute atomic E-state index is 13.1. The van der Waals surface area contributed by atoms with Crippen molar-refractivity contribution < 1.29 is 4.39 Å². The molecule has 0 radical (unpaired) electrons. The maximum atomic E-state index is 13.1. The summed E-state index contributed by atoms with van der Waals surface area (Å²) in [4.78, 5) is 9.09. The highest BCUT2D eigenvalue weighted by atomic mass is 35.5. The minimum Gasteiger partial charge on any atom is -0.397 e. The van der Waals surface area contributed by atoms with Crippen LogP contribution in [0.15, 0.2) is 29.9 Å². The topological polar surface area (TPSA) is 63.8 Å². The van der Waals surface area contributed by atoms with Gasteiger partial charge in [0, 0.05) is 11.1 Å². The second kappa shape index (κ2) is 4.64.